The monoisotopic (exact) mass is 296 g/mol. The van der Waals surface area contributed by atoms with Gasteiger partial charge in [0, 0.05) is 43.3 Å². The molecule has 112 valence electrons. The Morgan fingerprint density at radius 2 is 2.00 bits per heavy atom. The molecule has 0 aliphatic carbocycles. The van der Waals surface area contributed by atoms with E-state index in [0.29, 0.717) is 6.61 Å². The van der Waals surface area contributed by atoms with E-state index in [1.807, 2.05) is 13.0 Å². The van der Waals surface area contributed by atoms with Crippen LogP contribution in [0.4, 0.5) is 0 Å². The lowest BCUT2D eigenvalue weighted by atomic mass is 10.0. The third-order valence-corrected chi connectivity index (χ3v) is 4.36. The van der Waals surface area contributed by atoms with Crippen molar-refractivity contribution < 1.29 is 4.74 Å². The van der Waals surface area contributed by atoms with E-state index in [-0.39, 0.29) is 0 Å². The van der Waals surface area contributed by atoms with E-state index < -0.39 is 0 Å². The topological polar surface area (TPSA) is 24.5 Å². The van der Waals surface area contributed by atoms with Gasteiger partial charge in [0.05, 0.1) is 6.61 Å². The van der Waals surface area contributed by atoms with E-state index in [0.717, 1.165) is 61.0 Å². The predicted octanol–water partition coefficient (Wildman–Crippen LogP) is 2.80. The molecule has 0 aromatic heterocycles. The standard InChI is InChI=1S/C16H25ClN2O/c1-4-20-16-12(2)11-15(17)13(3)14(16)5-8-19-9-6-18-7-10-19/h11,18H,4-10H2,1-3H3. The fraction of sp³-hybridized carbons (Fsp3) is 0.625. The van der Waals surface area contributed by atoms with Crippen LogP contribution >= 0.6 is 11.6 Å². The minimum Gasteiger partial charge on any atom is -0.493 e. The molecule has 3 nitrogen and oxygen atoms in total. The van der Waals surface area contributed by atoms with Crippen LogP contribution in [0.15, 0.2) is 6.07 Å². The number of aryl methyl sites for hydroxylation is 1. The van der Waals surface area contributed by atoms with Gasteiger partial charge < -0.3 is 15.0 Å². The van der Waals surface area contributed by atoms with Gasteiger partial charge in [-0.1, -0.05) is 11.6 Å². The Bertz CT molecular complexity index is 456. The van der Waals surface area contributed by atoms with Crippen LogP contribution in [-0.4, -0.2) is 44.2 Å². The third-order valence-electron chi connectivity index (χ3n) is 3.96. The number of rotatable bonds is 5. The largest absolute Gasteiger partial charge is 0.493 e. The number of halogens is 1. The van der Waals surface area contributed by atoms with Gasteiger partial charge in [0.2, 0.25) is 0 Å². The molecule has 1 heterocycles. The predicted molar refractivity (Wildman–Crippen MR) is 85.1 cm³/mol. The Morgan fingerprint density at radius 3 is 2.65 bits per heavy atom. The summed E-state index contributed by atoms with van der Waals surface area (Å²) >= 11 is 6.33. The number of hydrogen-bond donors (Lipinski definition) is 1. The first-order valence-electron chi connectivity index (χ1n) is 7.48. The Balaban J connectivity index is 2.15. The van der Waals surface area contributed by atoms with Gasteiger partial charge in [-0.2, -0.15) is 0 Å². The summed E-state index contributed by atoms with van der Waals surface area (Å²) in [6.07, 6.45) is 1.00. The second-order valence-corrected chi connectivity index (χ2v) is 5.79. The Kier molecular flexibility index (Phi) is 5.70. The highest BCUT2D eigenvalue weighted by molar-refractivity contribution is 6.31. The fourth-order valence-electron chi connectivity index (χ4n) is 2.77. The first-order valence-corrected chi connectivity index (χ1v) is 7.85. The average molecular weight is 297 g/mol. The third kappa shape index (κ3) is 3.66. The molecule has 0 radical (unpaired) electrons. The molecule has 0 amide bonds. The molecule has 0 saturated carbocycles. The zero-order valence-electron chi connectivity index (χ0n) is 12.8. The van der Waals surface area contributed by atoms with E-state index in [4.69, 9.17) is 16.3 Å². The van der Waals surface area contributed by atoms with Crippen LogP contribution in [-0.2, 0) is 6.42 Å². The van der Waals surface area contributed by atoms with Crippen LogP contribution in [0.1, 0.15) is 23.6 Å². The highest BCUT2D eigenvalue weighted by Crippen LogP contribution is 2.32. The molecule has 1 saturated heterocycles. The smallest absolute Gasteiger partial charge is 0.125 e. The van der Waals surface area contributed by atoms with E-state index in [1.54, 1.807) is 0 Å². The van der Waals surface area contributed by atoms with Crippen molar-refractivity contribution in [2.75, 3.05) is 39.3 Å². The molecule has 1 aliphatic rings. The summed E-state index contributed by atoms with van der Waals surface area (Å²) in [6, 6.07) is 2.01. The number of piperazine rings is 1. The molecule has 1 N–H and O–H groups in total. The zero-order chi connectivity index (χ0) is 14.5. The molecule has 1 fully saturated rings. The molecule has 0 bridgehead atoms. The number of hydrogen-bond acceptors (Lipinski definition) is 3. The molecule has 0 unspecified atom stereocenters. The lowest BCUT2D eigenvalue weighted by Crippen LogP contribution is -2.44. The molecule has 0 atom stereocenters. The summed E-state index contributed by atoms with van der Waals surface area (Å²) in [7, 11) is 0. The van der Waals surface area contributed by atoms with Crippen molar-refractivity contribution in [1.29, 1.82) is 0 Å². The van der Waals surface area contributed by atoms with Crippen molar-refractivity contribution >= 4 is 11.6 Å². The van der Waals surface area contributed by atoms with Crippen molar-refractivity contribution in [2.24, 2.45) is 0 Å². The van der Waals surface area contributed by atoms with Gasteiger partial charge in [-0.3, -0.25) is 0 Å². The van der Waals surface area contributed by atoms with E-state index in [9.17, 15) is 0 Å². The van der Waals surface area contributed by atoms with E-state index >= 15 is 0 Å². The van der Waals surface area contributed by atoms with Crippen LogP contribution in [0, 0.1) is 13.8 Å². The summed E-state index contributed by atoms with van der Waals surface area (Å²) in [5, 5.41) is 4.24. The van der Waals surface area contributed by atoms with Gasteiger partial charge in [0.15, 0.2) is 0 Å². The maximum absolute atomic E-state index is 6.33. The Labute approximate surface area is 127 Å². The summed E-state index contributed by atoms with van der Waals surface area (Å²) in [5.74, 6) is 1.03. The van der Waals surface area contributed by atoms with Gasteiger partial charge in [0.25, 0.3) is 0 Å². The van der Waals surface area contributed by atoms with Crippen LogP contribution in [0.3, 0.4) is 0 Å². The maximum atomic E-state index is 6.33. The normalized spacial score (nSPS) is 16.4. The lowest BCUT2D eigenvalue weighted by molar-refractivity contribution is 0.242. The van der Waals surface area contributed by atoms with Gasteiger partial charge in [-0.25, -0.2) is 0 Å². The van der Waals surface area contributed by atoms with Crippen molar-refractivity contribution in [3.05, 3.63) is 27.8 Å². The first kappa shape index (κ1) is 15.6. The average Bonchev–Trinajstić information content (AvgIpc) is 2.45. The van der Waals surface area contributed by atoms with Crippen LogP contribution in [0.2, 0.25) is 5.02 Å². The summed E-state index contributed by atoms with van der Waals surface area (Å²) < 4.78 is 5.85. The molecular formula is C16H25ClN2O. The quantitative estimate of drug-likeness (QED) is 0.904. The molecular weight excluding hydrogens is 272 g/mol. The number of benzene rings is 1. The van der Waals surface area contributed by atoms with Gasteiger partial charge in [0.1, 0.15) is 5.75 Å². The first-order chi connectivity index (χ1) is 9.63. The van der Waals surface area contributed by atoms with Crippen LogP contribution < -0.4 is 10.1 Å². The molecule has 1 aliphatic heterocycles. The molecule has 4 heteroatoms. The zero-order valence-corrected chi connectivity index (χ0v) is 13.5. The van der Waals surface area contributed by atoms with Crippen LogP contribution in [0.25, 0.3) is 0 Å². The minimum absolute atomic E-state index is 0.697. The van der Waals surface area contributed by atoms with Gasteiger partial charge in [-0.05, 0) is 44.4 Å². The van der Waals surface area contributed by atoms with Crippen LogP contribution in [0.5, 0.6) is 5.75 Å². The van der Waals surface area contributed by atoms with Gasteiger partial charge in [-0.15, -0.1) is 0 Å². The second-order valence-electron chi connectivity index (χ2n) is 5.38. The van der Waals surface area contributed by atoms with E-state index in [1.165, 1.54) is 5.56 Å². The van der Waals surface area contributed by atoms with Crippen molar-refractivity contribution in [1.82, 2.24) is 10.2 Å². The second kappa shape index (κ2) is 7.30. The van der Waals surface area contributed by atoms with Gasteiger partial charge >= 0.3 is 0 Å². The molecule has 1 aromatic carbocycles. The number of ether oxygens (including phenoxy) is 1. The maximum Gasteiger partial charge on any atom is 0.125 e. The molecule has 20 heavy (non-hydrogen) atoms. The SMILES string of the molecule is CCOc1c(C)cc(Cl)c(C)c1CCN1CCNCC1. The minimum atomic E-state index is 0.697. The van der Waals surface area contributed by atoms with Crippen molar-refractivity contribution in [2.45, 2.75) is 27.2 Å². The van der Waals surface area contributed by atoms with Crippen molar-refractivity contribution in [3.63, 3.8) is 0 Å². The van der Waals surface area contributed by atoms with Crippen molar-refractivity contribution in [3.8, 4) is 5.75 Å². The number of nitrogens with one attached hydrogen (secondary N) is 1. The lowest BCUT2D eigenvalue weighted by Gasteiger charge is -2.28. The fourth-order valence-corrected chi connectivity index (χ4v) is 3.05. The molecule has 0 spiro atoms. The Hall–Kier alpha value is -0.770. The highest BCUT2D eigenvalue weighted by atomic mass is 35.5. The highest BCUT2D eigenvalue weighted by Gasteiger charge is 2.16. The number of nitrogens with zero attached hydrogens (tertiary/aromatic N) is 1. The molecule has 2 rings (SSSR count). The summed E-state index contributed by atoms with van der Waals surface area (Å²) in [6.45, 7) is 12.4. The van der Waals surface area contributed by atoms with E-state index in [2.05, 4.69) is 24.1 Å². The Morgan fingerprint density at radius 1 is 1.30 bits per heavy atom. The molecule has 1 aromatic rings. The summed E-state index contributed by atoms with van der Waals surface area (Å²) in [5.41, 5.74) is 3.57. The summed E-state index contributed by atoms with van der Waals surface area (Å²) in [4.78, 5) is 2.50.